The molecule has 0 saturated heterocycles. The van der Waals surface area contributed by atoms with Gasteiger partial charge >= 0.3 is 0 Å². The normalized spacial score (nSPS) is 20.0. The second-order valence-electron chi connectivity index (χ2n) is 6.35. The fourth-order valence-corrected chi connectivity index (χ4v) is 3.22. The van der Waals surface area contributed by atoms with E-state index in [1.54, 1.807) is 0 Å². The molecule has 0 aliphatic heterocycles. The smallest absolute Gasteiger partial charge is 0.173 e. The number of aromatic nitrogens is 1. The van der Waals surface area contributed by atoms with Crippen LogP contribution in [0, 0.1) is 5.92 Å². The number of rotatable bonds is 4. The van der Waals surface area contributed by atoms with E-state index < -0.39 is 0 Å². The molecule has 5 heteroatoms. The predicted molar refractivity (Wildman–Crippen MR) is 84.0 cm³/mol. The molecular weight excluding hydrogens is 264 g/mol. The molecule has 1 saturated carbocycles. The molecule has 1 heterocycles. The highest BCUT2D eigenvalue weighted by molar-refractivity contribution is 6.01. The first-order valence-corrected chi connectivity index (χ1v) is 7.85. The molecule has 1 fully saturated rings. The Kier molecular flexibility index (Phi) is 3.74. The first kappa shape index (κ1) is 14.2. The summed E-state index contributed by atoms with van der Waals surface area (Å²) in [6, 6.07) is 2.51. The summed E-state index contributed by atoms with van der Waals surface area (Å²) < 4.78 is 0. The van der Waals surface area contributed by atoms with Gasteiger partial charge in [-0.05, 0) is 63.0 Å². The van der Waals surface area contributed by atoms with Crippen molar-refractivity contribution >= 4 is 11.7 Å². The molecule has 0 aromatic carbocycles. The Bertz CT molecular complexity index is 566. The third kappa shape index (κ3) is 2.69. The molecule has 2 aliphatic rings. The summed E-state index contributed by atoms with van der Waals surface area (Å²) in [6.07, 6.45) is 7.04. The van der Waals surface area contributed by atoms with Gasteiger partial charge in [0.2, 0.25) is 0 Å². The van der Waals surface area contributed by atoms with Crippen LogP contribution >= 0.6 is 0 Å². The molecule has 3 N–H and O–H groups in total. The third-order valence-corrected chi connectivity index (χ3v) is 4.91. The van der Waals surface area contributed by atoms with Gasteiger partial charge < -0.3 is 15.8 Å². The van der Waals surface area contributed by atoms with Crippen LogP contribution in [0.4, 0.5) is 5.82 Å². The van der Waals surface area contributed by atoms with Crippen LogP contribution in [-0.4, -0.2) is 29.1 Å². The van der Waals surface area contributed by atoms with Crippen LogP contribution in [-0.2, 0) is 12.8 Å². The lowest BCUT2D eigenvalue weighted by Crippen LogP contribution is -2.34. The number of nitrogens with zero attached hydrogens (tertiary/aromatic N) is 3. The van der Waals surface area contributed by atoms with E-state index in [0.29, 0.717) is 6.04 Å². The summed E-state index contributed by atoms with van der Waals surface area (Å²) in [6.45, 7) is 2.23. The Labute approximate surface area is 125 Å². The lowest BCUT2D eigenvalue weighted by Gasteiger charge is -2.29. The summed E-state index contributed by atoms with van der Waals surface area (Å²) in [5.74, 6) is 1.75. The molecule has 1 atom stereocenters. The van der Waals surface area contributed by atoms with E-state index in [1.807, 2.05) is 0 Å². The number of pyridine rings is 1. The average Bonchev–Trinajstić information content (AvgIpc) is 3.36. The Morgan fingerprint density at radius 2 is 2.14 bits per heavy atom. The minimum absolute atomic E-state index is 0.153. The number of amidine groups is 1. The molecule has 0 radical (unpaired) electrons. The molecule has 3 rings (SSSR count). The van der Waals surface area contributed by atoms with Crippen molar-refractivity contribution in [3.63, 3.8) is 0 Å². The van der Waals surface area contributed by atoms with Crippen LogP contribution in [0.2, 0.25) is 0 Å². The Morgan fingerprint density at radius 1 is 1.43 bits per heavy atom. The monoisotopic (exact) mass is 288 g/mol. The zero-order valence-electron chi connectivity index (χ0n) is 12.8. The maximum Gasteiger partial charge on any atom is 0.173 e. The number of hydrogen-bond acceptors (Lipinski definition) is 4. The predicted octanol–water partition coefficient (Wildman–Crippen LogP) is 2.29. The Morgan fingerprint density at radius 3 is 2.81 bits per heavy atom. The van der Waals surface area contributed by atoms with Crippen molar-refractivity contribution in [1.82, 2.24) is 4.98 Å². The first-order valence-electron chi connectivity index (χ1n) is 7.85. The van der Waals surface area contributed by atoms with Gasteiger partial charge in [0, 0.05) is 18.8 Å². The van der Waals surface area contributed by atoms with Crippen molar-refractivity contribution < 1.29 is 5.21 Å². The molecule has 1 aromatic rings. The molecule has 2 aliphatic carbocycles. The van der Waals surface area contributed by atoms with E-state index in [0.717, 1.165) is 30.1 Å². The number of fused-ring (bicyclic) bond motifs is 1. The van der Waals surface area contributed by atoms with Gasteiger partial charge in [0.1, 0.15) is 5.82 Å². The second-order valence-corrected chi connectivity index (χ2v) is 6.35. The lowest BCUT2D eigenvalue weighted by atomic mass is 9.94. The van der Waals surface area contributed by atoms with E-state index in [4.69, 9.17) is 15.9 Å². The standard InChI is InChI=1S/C16H24N4O/c1-10(11-7-8-11)20(2)16-13(15(17)19-21)9-12-5-3-4-6-14(12)18-16/h9-11,21H,3-8H2,1-2H3,(H2,17,19). The topological polar surface area (TPSA) is 74.7 Å². The van der Waals surface area contributed by atoms with Crippen molar-refractivity contribution in [2.24, 2.45) is 16.8 Å². The molecule has 0 bridgehead atoms. The van der Waals surface area contributed by atoms with Gasteiger partial charge in [-0.3, -0.25) is 0 Å². The SMILES string of the molecule is CC(C1CC1)N(C)c1nc2c(cc1C(N)=NO)CCCC2. The van der Waals surface area contributed by atoms with Gasteiger partial charge in [0.05, 0.1) is 5.56 Å². The number of oxime groups is 1. The van der Waals surface area contributed by atoms with Crippen molar-refractivity contribution in [1.29, 1.82) is 0 Å². The molecule has 114 valence electrons. The zero-order chi connectivity index (χ0) is 15.0. The van der Waals surface area contributed by atoms with Crippen LogP contribution in [0.5, 0.6) is 0 Å². The van der Waals surface area contributed by atoms with Crippen molar-refractivity contribution in [2.75, 3.05) is 11.9 Å². The van der Waals surface area contributed by atoms with Gasteiger partial charge in [-0.25, -0.2) is 4.98 Å². The molecule has 21 heavy (non-hydrogen) atoms. The van der Waals surface area contributed by atoms with E-state index >= 15 is 0 Å². The number of nitrogens with two attached hydrogens (primary N) is 1. The third-order valence-electron chi connectivity index (χ3n) is 4.91. The quantitative estimate of drug-likeness (QED) is 0.386. The average molecular weight is 288 g/mol. The maximum atomic E-state index is 9.08. The van der Waals surface area contributed by atoms with Gasteiger partial charge in [-0.15, -0.1) is 0 Å². The fraction of sp³-hybridized carbons (Fsp3) is 0.625. The highest BCUT2D eigenvalue weighted by Crippen LogP contribution is 2.37. The van der Waals surface area contributed by atoms with E-state index in [9.17, 15) is 0 Å². The van der Waals surface area contributed by atoms with Crippen LogP contribution in [0.1, 0.15) is 49.4 Å². The highest BCUT2D eigenvalue weighted by Gasteiger charge is 2.32. The number of anilines is 1. The summed E-state index contributed by atoms with van der Waals surface area (Å²) >= 11 is 0. The van der Waals surface area contributed by atoms with E-state index in [-0.39, 0.29) is 5.84 Å². The minimum atomic E-state index is 0.153. The van der Waals surface area contributed by atoms with Crippen molar-refractivity contribution in [3.05, 3.63) is 22.9 Å². The second kappa shape index (κ2) is 5.54. The molecule has 0 spiro atoms. The number of aryl methyl sites for hydroxylation is 2. The Balaban J connectivity index is 2.03. The molecule has 1 aromatic heterocycles. The Hall–Kier alpha value is -1.78. The molecular formula is C16H24N4O. The van der Waals surface area contributed by atoms with Crippen molar-refractivity contribution in [2.45, 2.75) is 51.5 Å². The minimum Gasteiger partial charge on any atom is -0.409 e. The highest BCUT2D eigenvalue weighted by atomic mass is 16.4. The van der Waals surface area contributed by atoms with Crippen LogP contribution in [0.15, 0.2) is 11.2 Å². The van der Waals surface area contributed by atoms with Crippen LogP contribution < -0.4 is 10.6 Å². The maximum absolute atomic E-state index is 9.08. The summed E-state index contributed by atoms with van der Waals surface area (Å²) in [5, 5.41) is 12.3. The first-order chi connectivity index (χ1) is 10.1. The molecule has 5 nitrogen and oxygen atoms in total. The summed E-state index contributed by atoms with van der Waals surface area (Å²) in [5.41, 5.74) is 9.08. The van der Waals surface area contributed by atoms with E-state index in [2.05, 4.69) is 30.1 Å². The van der Waals surface area contributed by atoms with Crippen LogP contribution in [0.3, 0.4) is 0 Å². The number of hydrogen-bond donors (Lipinski definition) is 2. The largest absolute Gasteiger partial charge is 0.409 e. The van der Waals surface area contributed by atoms with Gasteiger partial charge in [-0.1, -0.05) is 5.16 Å². The van der Waals surface area contributed by atoms with E-state index in [1.165, 1.54) is 36.9 Å². The van der Waals surface area contributed by atoms with Gasteiger partial charge in [0.15, 0.2) is 5.84 Å². The summed E-state index contributed by atoms with van der Waals surface area (Å²) in [7, 11) is 2.06. The summed E-state index contributed by atoms with van der Waals surface area (Å²) in [4.78, 5) is 7.06. The van der Waals surface area contributed by atoms with Crippen molar-refractivity contribution in [3.8, 4) is 0 Å². The molecule has 1 unspecified atom stereocenters. The molecule has 0 amide bonds. The van der Waals surface area contributed by atoms with Crippen LogP contribution in [0.25, 0.3) is 0 Å². The van der Waals surface area contributed by atoms with Gasteiger partial charge in [0.25, 0.3) is 0 Å². The fourth-order valence-electron chi connectivity index (χ4n) is 3.22. The zero-order valence-corrected chi connectivity index (χ0v) is 12.8. The lowest BCUT2D eigenvalue weighted by molar-refractivity contribution is 0.318. The van der Waals surface area contributed by atoms with Gasteiger partial charge in [-0.2, -0.15) is 0 Å².